The van der Waals surface area contributed by atoms with Crippen molar-refractivity contribution < 1.29 is 0 Å². The van der Waals surface area contributed by atoms with Crippen LogP contribution in [0.1, 0.15) is 35.6 Å². The molecule has 2 aromatic rings. The van der Waals surface area contributed by atoms with E-state index in [2.05, 4.69) is 41.2 Å². The highest BCUT2D eigenvalue weighted by atomic mass is 32.1. The van der Waals surface area contributed by atoms with Gasteiger partial charge in [-0.15, -0.1) is 11.3 Å². The minimum Gasteiger partial charge on any atom is -0.301 e. The molecular weight excluding hydrogens is 234 g/mol. The van der Waals surface area contributed by atoms with Gasteiger partial charge in [-0.3, -0.25) is 0 Å². The molecule has 0 saturated heterocycles. The Morgan fingerprint density at radius 2 is 2.29 bits per heavy atom. The second-order valence-electron chi connectivity index (χ2n) is 3.90. The maximum atomic E-state index is 4.37. The van der Waals surface area contributed by atoms with Crippen molar-refractivity contribution in [1.29, 1.82) is 0 Å². The maximum absolute atomic E-state index is 4.37. The third-order valence-electron chi connectivity index (χ3n) is 2.57. The van der Waals surface area contributed by atoms with E-state index < -0.39 is 0 Å². The molecule has 1 N–H and O–H groups in total. The van der Waals surface area contributed by atoms with Crippen molar-refractivity contribution in [2.24, 2.45) is 0 Å². The van der Waals surface area contributed by atoms with Gasteiger partial charge in [-0.05, 0) is 20.8 Å². The van der Waals surface area contributed by atoms with Gasteiger partial charge in [-0.1, -0.05) is 0 Å². The van der Waals surface area contributed by atoms with Gasteiger partial charge in [-0.2, -0.15) is 5.10 Å². The fourth-order valence-corrected chi connectivity index (χ4v) is 2.39. The van der Waals surface area contributed by atoms with Crippen molar-refractivity contribution in [3.8, 4) is 0 Å². The van der Waals surface area contributed by atoms with E-state index in [0.717, 1.165) is 17.4 Å². The Morgan fingerprint density at radius 3 is 2.94 bits per heavy atom. The lowest BCUT2D eigenvalue weighted by molar-refractivity contribution is 0.522. The first-order chi connectivity index (χ1) is 8.20. The summed E-state index contributed by atoms with van der Waals surface area (Å²) in [5, 5.41) is 8.67. The zero-order chi connectivity index (χ0) is 12.3. The molecule has 0 saturated carbocycles. The average molecular weight is 251 g/mol. The van der Waals surface area contributed by atoms with E-state index in [1.54, 1.807) is 17.7 Å². The SMILES string of the molecule is CCn1ncnc1CNC(C)c1ncc(C)s1. The summed E-state index contributed by atoms with van der Waals surface area (Å²) in [4.78, 5) is 9.84. The van der Waals surface area contributed by atoms with Gasteiger partial charge in [-0.25, -0.2) is 14.6 Å². The zero-order valence-corrected chi connectivity index (χ0v) is 11.2. The normalized spacial score (nSPS) is 12.9. The third-order valence-corrected chi connectivity index (χ3v) is 3.67. The first-order valence-electron chi connectivity index (χ1n) is 5.73. The second kappa shape index (κ2) is 5.37. The van der Waals surface area contributed by atoms with Crippen molar-refractivity contribution in [2.75, 3.05) is 0 Å². The van der Waals surface area contributed by atoms with E-state index in [-0.39, 0.29) is 6.04 Å². The lowest BCUT2D eigenvalue weighted by atomic mass is 10.3. The molecule has 92 valence electrons. The Balaban J connectivity index is 1.94. The van der Waals surface area contributed by atoms with E-state index >= 15 is 0 Å². The largest absolute Gasteiger partial charge is 0.301 e. The third kappa shape index (κ3) is 2.89. The molecule has 0 spiro atoms. The molecule has 0 aliphatic heterocycles. The molecule has 0 fully saturated rings. The molecule has 0 bridgehead atoms. The summed E-state index contributed by atoms with van der Waals surface area (Å²) < 4.78 is 1.90. The fourth-order valence-electron chi connectivity index (χ4n) is 1.59. The number of thiazole rings is 1. The second-order valence-corrected chi connectivity index (χ2v) is 5.17. The number of hydrogen-bond acceptors (Lipinski definition) is 5. The van der Waals surface area contributed by atoms with Gasteiger partial charge in [0.25, 0.3) is 0 Å². The van der Waals surface area contributed by atoms with Crippen LogP contribution in [-0.4, -0.2) is 19.7 Å². The van der Waals surface area contributed by atoms with E-state index in [1.165, 1.54) is 4.88 Å². The molecule has 0 aliphatic carbocycles. The topological polar surface area (TPSA) is 55.6 Å². The Labute approximate surface area is 105 Å². The van der Waals surface area contributed by atoms with E-state index in [4.69, 9.17) is 0 Å². The van der Waals surface area contributed by atoms with Gasteiger partial charge in [0.1, 0.15) is 17.2 Å². The summed E-state index contributed by atoms with van der Waals surface area (Å²) in [6, 6.07) is 0.246. The van der Waals surface area contributed by atoms with Gasteiger partial charge in [0.05, 0.1) is 12.6 Å². The lowest BCUT2D eigenvalue weighted by Gasteiger charge is -2.10. The molecule has 0 aliphatic rings. The smallest absolute Gasteiger partial charge is 0.140 e. The average Bonchev–Trinajstić information content (AvgIpc) is 2.94. The van der Waals surface area contributed by atoms with Crippen LogP contribution < -0.4 is 5.32 Å². The number of nitrogens with one attached hydrogen (secondary N) is 1. The Bertz CT molecular complexity index is 476. The molecule has 1 unspecified atom stereocenters. The van der Waals surface area contributed by atoms with Crippen molar-refractivity contribution in [3.63, 3.8) is 0 Å². The van der Waals surface area contributed by atoms with Gasteiger partial charge in [0, 0.05) is 17.6 Å². The lowest BCUT2D eigenvalue weighted by Crippen LogP contribution is -2.20. The quantitative estimate of drug-likeness (QED) is 0.882. The minimum absolute atomic E-state index is 0.246. The van der Waals surface area contributed by atoms with Gasteiger partial charge in [0.2, 0.25) is 0 Å². The Kier molecular flexibility index (Phi) is 3.86. The van der Waals surface area contributed by atoms with Crippen molar-refractivity contribution in [1.82, 2.24) is 25.1 Å². The zero-order valence-electron chi connectivity index (χ0n) is 10.3. The molecule has 0 radical (unpaired) electrons. The monoisotopic (exact) mass is 251 g/mol. The van der Waals surface area contributed by atoms with Crippen LogP contribution in [0.5, 0.6) is 0 Å². The molecule has 6 heteroatoms. The highest BCUT2D eigenvalue weighted by Gasteiger charge is 2.10. The van der Waals surface area contributed by atoms with Crippen LogP contribution in [-0.2, 0) is 13.1 Å². The summed E-state index contributed by atoms with van der Waals surface area (Å²) in [6.45, 7) is 7.81. The van der Waals surface area contributed by atoms with Crippen LogP contribution >= 0.6 is 11.3 Å². The predicted octanol–water partition coefficient (Wildman–Crippen LogP) is 1.91. The first kappa shape index (κ1) is 12.2. The highest BCUT2D eigenvalue weighted by Crippen LogP contribution is 2.19. The number of aryl methyl sites for hydroxylation is 2. The molecule has 5 nitrogen and oxygen atoms in total. The molecule has 2 rings (SSSR count). The molecule has 0 amide bonds. The van der Waals surface area contributed by atoms with E-state index in [0.29, 0.717) is 6.54 Å². The van der Waals surface area contributed by atoms with E-state index in [9.17, 15) is 0 Å². The summed E-state index contributed by atoms with van der Waals surface area (Å²) in [7, 11) is 0. The van der Waals surface area contributed by atoms with Crippen LogP contribution in [0.25, 0.3) is 0 Å². The van der Waals surface area contributed by atoms with Gasteiger partial charge in [0.15, 0.2) is 0 Å². The molecule has 2 heterocycles. The molecule has 2 aromatic heterocycles. The Hall–Kier alpha value is -1.27. The summed E-state index contributed by atoms with van der Waals surface area (Å²) in [5.74, 6) is 0.965. The molecule has 17 heavy (non-hydrogen) atoms. The summed E-state index contributed by atoms with van der Waals surface area (Å²) >= 11 is 1.73. The minimum atomic E-state index is 0.246. The molecular formula is C11H17N5S. The van der Waals surface area contributed by atoms with Gasteiger partial charge < -0.3 is 5.32 Å². The predicted molar refractivity (Wildman–Crippen MR) is 67.8 cm³/mol. The first-order valence-corrected chi connectivity index (χ1v) is 6.54. The maximum Gasteiger partial charge on any atom is 0.140 e. The number of hydrogen-bond donors (Lipinski definition) is 1. The van der Waals surface area contributed by atoms with Gasteiger partial charge >= 0.3 is 0 Å². The highest BCUT2D eigenvalue weighted by molar-refractivity contribution is 7.11. The molecule has 1 atom stereocenters. The van der Waals surface area contributed by atoms with Crippen molar-refractivity contribution >= 4 is 11.3 Å². The van der Waals surface area contributed by atoms with Crippen LogP contribution in [0.2, 0.25) is 0 Å². The standard InChI is InChI=1S/C11H17N5S/c1-4-16-10(14-7-15-16)6-12-9(3)11-13-5-8(2)17-11/h5,7,9,12H,4,6H2,1-3H3. The fraction of sp³-hybridized carbons (Fsp3) is 0.545. The Morgan fingerprint density at radius 1 is 1.47 bits per heavy atom. The van der Waals surface area contributed by atoms with Crippen molar-refractivity contribution in [2.45, 2.75) is 39.9 Å². The number of aromatic nitrogens is 4. The van der Waals surface area contributed by atoms with E-state index in [1.807, 2.05) is 10.9 Å². The molecule has 0 aromatic carbocycles. The summed E-state index contributed by atoms with van der Waals surface area (Å²) in [6.07, 6.45) is 3.51. The number of nitrogens with zero attached hydrogens (tertiary/aromatic N) is 4. The van der Waals surface area contributed by atoms with Crippen LogP contribution in [0.15, 0.2) is 12.5 Å². The van der Waals surface area contributed by atoms with Crippen LogP contribution in [0.4, 0.5) is 0 Å². The van der Waals surface area contributed by atoms with Crippen LogP contribution in [0, 0.1) is 6.92 Å². The number of rotatable bonds is 5. The van der Waals surface area contributed by atoms with Crippen molar-refractivity contribution in [3.05, 3.63) is 28.2 Å². The van der Waals surface area contributed by atoms with Crippen LogP contribution in [0.3, 0.4) is 0 Å². The summed E-state index contributed by atoms with van der Waals surface area (Å²) in [5.41, 5.74) is 0.